The molecule has 1 fully saturated rings. The molecule has 1 saturated carbocycles. The lowest BCUT2D eigenvalue weighted by Crippen LogP contribution is -2.04. The van der Waals surface area contributed by atoms with E-state index in [1.165, 1.54) is 49.7 Å². The Morgan fingerprint density at radius 1 is 1.21 bits per heavy atom. The van der Waals surface area contributed by atoms with Crippen LogP contribution in [0.15, 0.2) is 23.3 Å². The van der Waals surface area contributed by atoms with E-state index in [4.69, 9.17) is 0 Å². The minimum atomic E-state index is 0.236. The fraction of sp³-hybridized carbons (Fsp3) is 0.722. The number of carbonyl (C=O) groups excluding carboxylic acids is 1. The van der Waals surface area contributed by atoms with Gasteiger partial charge >= 0.3 is 0 Å². The van der Waals surface area contributed by atoms with Crippen LogP contribution < -0.4 is 0 Å². The van der Waals surface area contributed by atoms with Crippen LogP contribution in [0.3, 0.4) is 0 Å². The van der Waals surface area contributed by atoms with Gasteiger partial charge in [-0.2, -0.15) is 0 Å². The molecule has 0 spiro atoms. The van der Waals surface area contributed by atoms with E-state index in [-0.39, 0.29) is 5.92 Å². The standard InChI is InChI=1S/C18H30O/c1-15(2)6-5-7-16(3)8-10-18(12-13-18)11-9-17(4)14-19/h6,8,14,17H,5,7,9-13H2,1-4H3/b16-8+. The van der Waals surface area contributed by atoms with Crippen LogP contribution in [-0.2, 0) is 4.79 Å². The molecule has 1 heteroatoms. The lowest BCUT2D eigenvalue weighted by atomic mass is 9.91. The van der Waals surface area contributed by atoms with Gasteiger partial charge in [0.25, 0.3) is 0 Å². The molecule has 1 rings (SSSR count). The molecular formula is C18H30O. The second-order valence-electron chi connectivity index (χ2n) is 6.73. The average molecular weight is 262 g/mol. The largest absolute Gasteiger partial charge is 0.303 e. The van der Waals surface area contributed by atoms with Crippen LogP contribution in [0.25, 0.3) is 0 Å². The maximum Gasteiger partial charge on any atom is 0.122 e. The molecule has 0 bridgehead atoms. The summed E-state index contributed by atoms with van der Waals surface area (Å²) in [4.78, 5) is 10.7. The van der Waals surface area contributed by atoms with Gasteiger partial charge in [0.15, 0.2) is 0 Å². The minimum absolute atomic E-state index is 0.236. The SMILES string of the molecule is CC(C)=CCC/C(C)=C/CC1(CCC(C)C=O)CC1. The summed E-state index contributed by atoms with van der Waals surface area (Å²) in [5.74, 6) is 0.236. The molecule has 0 aromatic carbocycles. The maximum absolute atomic E-state index is 10.7. The minimum Gasteiger partial charge on any atom is -0.303 e. The normalized spacial score (nSPS) is 18.8. The number of allylic oxidation sites excluding steroid dienone is 4. The Morgan fingerprint density at radius 2 is 1.89 bits per heavy atom. The summed E-state index contributed by atoms with van der Waals surface area (Å²) in [5, 5.41) is 0. The van der Waals surface area contributed by atoms with E-state index in [1.807, 2.05) is 6.92 Å². The second kappa shape index (κ2) is 7.67. The summed E-state index contributed by atoms with van der Waals surface area (Å²) in [6.07, 6.45) is 14.4. The van der Waals surface area contributed by atoms with Gasteiger partial charge in [-0.25, -0.2) is 0 Å². The predicted molar refractivity (Wildman–Crippen MR) is 83.2 cm³/mol. The van der Waals surface area contributed by atoms with Crippen molar-refractivity contribution >= 4 is 6.29 Å². The first kappa shape index (κ1) is 16.2. The molecule has 0 heterocycles. The molecule has 0 amide bonds. The Labute approximate surface area is 119 Å². The van der Waals surface area contributed by atoms with Crippen LogP contribution >= 0.6 is 0 Å². The summed E-state index contributed by atoms with van der Waals surface area (Å²) < 4.78 is 0. The third-order valence-electron chi connectivity index (χ3n) is 4.29. The number of rotatable bonds is 9. The van der Waals surface area contributed by atoms with E-state index in [9.17, 15) is 4.79 Å². The topological polar surface area (TPSA) is 17.1 Å². The Hall–Kier alpha value is -0.850. The highest BCUT2D eigenvalue weighted by Gasteiger charge is 2.40. The lowest BCUT2D eigenvalue weighted by molar-refractivity contribution is -0.110. The Balaban J connectivity index is 2.29. The molecule has 1 nitrogen and oxygen atoms in total. The molecule has 1 aliphatic rings. The van der Waals surface area contributed by atoms with Crippen molar-refractivity contribution in [3.8, 4) is 0 Å². The van der Waals surface area contributed by atoms with Crippen molar-refractivity contribution in [1.29, 1.82) is 0 Å². The monoisotopic (exact) mass is 262 g/mol. The molecule has 0 aromatic rings. The highest BCUT2D eigenvalue weighted by atomic mass is 16.1. The first-order valence-corrected chi connectivity index (χ1v) is 7.72. The predicted octanol–water partition coefficient (Wildman–Crippen LogP) is 5.46. The third-order valence-corrected chi connectivity index (χ3v) is 4.29. The second-order valence-corrected chi connectivity index (χ2v) is 6.73. The Morgan fingerprint density at radius 3 is 2.42 bits per heavy atom. The van der Waals surface area contributed by atoms with E-state index in [1.54, 1.807) is 0 Å². The molecular weight excluding hydrogens is 232 g/mol. The molecule has 0 aliphatic heterocycles. The Bertz CT molecular complexity index is 341. The fourth-order valence-corrected chi connectivity index (χ4v) is 2.42. The van der Waals surface area contributed by atoms with E-state index in [0.717, 1.165) is 12.7 Å². The number of hydrogen-bond acceptors (Lipinski definition) is 1. The van der Waals surface area contributed by atoms with Crippen LogP contribution in [0.4, 0.5) is 0 Å². The average Bonchev–Trinajstić information content (AvgIpc) is 3.14. The van der Waals surface area contributed by atoms with Gasteiger partial charge in [-0.05, 0) is 71.1 Å². The van der Waals surface area contributed by atoms with Gasteiger partial charge in [-0.1, -0.05) is 30.2 Å². The van der Waals surface area contributed by atoms with Gasteiger partial charge in [0.2, 0.25) is 0 Å². The smallest absolute Gasteiger partial charge is 0.122 e. The van der Waals surface area contributed by atoms with E-state index in [0.29, 0.717) is 5.41 Å². The van der Waals surface area contributed by atoms with Crippen LogP contribution in [0.2, 0.25) is 0 Å². The van der Waals surface area contributed by atoms with Crippen molar-refractivity contribution < 1.29 is 4.79 Å². The van der Waals surface area contributed by atoms with Crippen molar-refractivity contribution in [3.05, 3.63) is 23.3 Å². The van der Waals surface area contributed by atoms with E-state index in [2.05, 4.69) is 32.9 Å². The van der Waals surface area contributed by atoms with Gasteiger partial charge in [0, 0.05) is 5.92 Å². The van der Waals surface area contributed by atoms with Crippen LogP contribution in [0.5, 0.6) is 0 Å². The van der Waals surface area contributed by atoms with Gasteiger partial charge in [-0.3, -0.25) is 0 Å². The van der Waals surface area contributed by atoms with Crippen molar-refractivity contribution in [2.75, 3.05) is 0 Å². The fourth-order valence-electron chi connectivity index (χ4n) is 2.42. The zero-order valence-corrected chi connectivity index (χ0v) is 13.2. The van der Waals surface area contributed by atoms with Gasteiger partial charge in [0.1, 0.15) is 6.29 Å². The quantitative estimate of drug-likeness (QED) is 0.398. The zero-order chi connectivity index (χ0) is 14.3. The van der Waals surface area contributed by atoms with Crippen LogP contribution in [0, 0.1) is 11.3 Å². The van der Waals surface area contributed by atoms with E-state index < -0.39 is 0 Å². The van der Waals surface area contributed by atoms with Crippen LogP contribution in [-0.4, -0.2) is 6.29 Å². The van der Waals surface area contributed by atoms with Gasteiger partial charge in [0.05, 0.1) is 0 Å². The van der Waals surface area contributed by atoms with Crippen LogP contribution in [0.1, 0.15) is 72.6 Å². The van der Waals surface area contributed by atoms with Crippen molar-refractivity contribution in [3.63, 3.8) is 0 Å². The Kier molecular flexibility index (Phi) is 6.54. The number of hydrogen-bond donors (Lipinski definition) is 0. The first-order chi connectivity index (χ1) is 8.97. The van der Waals surface area contributed by atoms with E-state index >= 15 is 0 Å². The van der Waals surface area contributed by atoms with Crippen molar-refractivity contribution in [2.24, 2.45) is 11.3 Å². The molecule has 0 radical (unpaired) electrons. The summed E-state index contributed by atoms with van der Waals surface area (Å²) >= 11 is 0. The zero-order valence-electron chi connectivity index (χ0n) is 13.2. The molecule has 0 saturated heterocycles. The third kappa shape index (κ3) is 6.75. The van der Waals surface area contributed by atoms with Gasteiger partial charge in [-0.15, -0.1) is 0 Å². The summed E-state index contributed by atoms with van der Waals surface area (Å²) in [7, 11) is 0. The summed E-state index contributed by atoms with van der Waals surface area (Å²) in [5.41, 5.74) is 3.48. The maximum atomic E-state index is 10.7. The molecule has 19 heavy (non-hydrogen) atoms. The van der Waals surface area contributed by atoms with Crippen molar-refractivity contribution in [1.82, 2.24) is 0 Å². The van der Waals surface area contributed by atoms with Gasteiger partial charge < -0.3 is 4.79 Å². The number of carbonyl (C=O) groups is 1. The highest BCUT2D eigenvalue weighted by Crippen LogP contribution is 2.53. The van der Waals surface area contributed by atoms with Crippen molar-refractivity contribution in [2.45, 2.75) is 72.6 Å². The summed E-state index contributed by atoms with van der Waals surface area (Å²) in [6.45, 7) is 8.60. The molecule has 1 aliphatic carbocycles. The molecule has 0 N–H and O–H groups in total. The number of aldehydes is 1. The molecule has 1 unspecified atom stereocenters. The lowest BCUT2D eigenvalue weighted by Gasteiger charge is -2.14. The summed E-state index contributed by atoms with van der Waals surface area (Å²) in [6, 6.07) is 0. The highest BCUT2D eigenvalue weighted by molar-refractivity contribution is 5.52. The molecule has 108 valence electrons. The first-order valence-electron chi connectivity index (χ1n) is 7.72. The molecule has 1 atom stereocenters. The molecule has 0 aromatic heterocycles.